The average molecular weight is 229 g/mol. The second kappa shape index (κ2) is 4.00. The normalized spacial score (nSPS) is 15.2. The summed E-state index contributed by atoms with van der Waals surface area (Å²) in [6.45, 7) is 0.569. The van der Waals surface area contributed by atoms with Crippen LogP contribution in [0.25, 0.3) is 10.9 Å². The van der Waals surface area contributed by atoms with Crippen LogP contribution in [0.2, 0.25) is 0 Å². The summed E-state index contributed by atoms with van der Waals surface area (Å²) in [7, 11) is 0. The second-order valence-electron chi connectivity index (χ2n) is 4.50. The summed E-state index contributed by atoms with van der Waals surface area (Å²) in [6, 6.07) is 8.08. The molecule has 1 aromatic carbocycles. The standard InChI is InChI=1S/C14H15NO2/c16-9-8-15-12-6-2-1-4-10(12)11-5-3-7-13(17)14(11)15/h1-2,4,6,16H,3,5,7-9H2. The summed E-state index contributed by atoms with van der Waals surface area (Å²) in [6.07, 6.45) is 2.55. The highest BCUT2D eigenvalue weighted by atomic mass is 16.3. The Kier molecular flexibility index (Phi) is 2.48. The molecule has 17 heavy (non-hydrogen) atoms. The molecule has 0 fully saturated rings. The number of carbonyl (C=O) groups excluding carboxylic acids is 1. The number of carbonyl (C=O) groups is 1. The predicted molar refractivity (Wildman–Crippen MR) is 66.3 cm³/mol. The molecular weight excluding hydrogens is 214 g/mol. The van der Waals surface area contributed by atoms with Gasteiger partial charge in [-0.15, -0.1) is 0 Å². The molecule has 1 aliphatic carbocycles. The van der Waals surface area contributed by atoms with Gasteiger partial charge in [-0.1, -0.05) is 18.2 Å². The molecule has 3 rings (SSSR count). The molecule has 0 spiro atoms. The van der Waals surface area contributed by atoms with E-state index >= 15 is 0 Å². The zero-order valence-corrected chi connectivity index (χ0v) is 9.65. The van der Waals surface area contributed by atoms with Crippen molar-refractivity contribution >= 4 is 16.7 Å². The molecule has 0 amide bonds. The molecule has 3 nitrogen and oxygen atoms in total. The molecule has 3 heteroatoms. The highest BCUT2D eigenvalue weighted by Gasteiger charge is 2.25. The van der Waals surface area contributed by atoms with Crippen molar-refractivity contribution in [3.8, 4) is 0 Å². The minimum atomic E-state index is 0.0679. The van der Waals surface area contributed by atoms with Crippen molar-refractivity contribution in [2.24, 2.45) is 0 Å². The number of hydrogen-bond acceptors (Lipinski definition) is 2. The van der Waals surface area contributed by atoms with Gasteiger partial charge >= 0.3 is 0 Å². The molecule has 0 atom stereocenters. The molecule has 0 bridgehead atoms. The molecular formula is C14H15NO2. The molecule has 0 unspecified atom stereocenters. The third-order valence-electron chi connectivity index (χ3n) is 3.49. The molecule has 1 aliphatic rings. The summed E-state index contributed by atoms with van der Waals surface area (Å²) in [5.41, 5.74) is 3.07. The maximum atomic E-state index is 12.0. The quantitative estimate of drug-likeness (QED) is 0.857. The topological polar surface area (TPSA) is 42.2 Å². The fourth-order valence-electron chi connectivity index (χ4n) is 2.82. The lowest BCUT2D eigenvalue weighted by Crippen LogP contribution is -2.16. The van der Waals surface area contributed by atoms with Crippen molar-refractivity contribution < 1.29 is 9.90 Å². The monoisotopic (exact) mass is 229 g/mol. The maximum Gasteiger partial charge on any atom is 0.179 e. The third-order valence-corrected chi connectivity index (χ3v) is 3.49. The number of hydrogen-bond donors (Lipinski definition) is 1. The second-order valence-corrected chi connectivity index (χ2v) is 4.50. The van der Waals surface area contributed by atoms with Crippen LogP contribution in [0.15, 0.2) is 24.3 Å². The minimum Gasteiger partial charge on any atom is -0.395 e. The maximum absolute atomic E-state index is 12.0. The van der Waals surface area contributed by atoms with Crippen molar-refractivity contribution in [3.63, 3.8) is 0 Å². The molecule has 0 radical (unpaired) electrons. The SMILES string of the molecule is O=C1CCCc2c1n(CCO)c1ccccc21. The lowest BCUT2D eigenvalue weighted by molar-refractivity contribution is 0.0962. The average Bonchev–Trinajstić information content (AvgIpc) is 2.67. The van der Waals surface area contributed by atoms with Crippen LogP contribution in [0.4, 0.5) is 0 Å². The molecule has 0 saturated heterocycles. The van der Waals surface area contributed by atoms with Crippen molar-refractivity contribution in [1.29, 1.82) is 0 Å². The van der Waals surface area contributed by atoms with Crippen molar-refractivity contribution in [3.05, 3.63) is 35.5 Å². The molecule has 0 aliphatic heterocycles. The van der Waals surface area contributed by atoms with E-state index in [4.69, 9.17) is 5.11 Å². The number of nitrogens with zero attached hydrogens (tertiary/aromatic N) is 1. The zero-order valence-electron chi connectivity index (χ0n) is 9.65. The number of Topliss-reactive ketones (excluding diaryl/α,β-unsaturated/α-hetero) is 1. The Labute approximate surface area is 99.7 Å². The van der Waals surface area contributed by atoms with Gasteiger partial charge < -0.3 is 9.67 Å². The number of rotatable bonds is 2. The number of benzene rings is 1. The van der Waals surface area contributed by atoms with E-state index in [9.17, 15) is 4.79 Å². The van der Waals surface area contributed by atoms with E-state index in [1.54, 1.807) is 0 Å². The highest BCUT2D eigenvalue weighted by molar-refractivity contribution is 6.04. The summed E-state index contributed by atoms with van der Waals surface area (Å²) in [5.74, 6) is 0.218. The number of ketones is 1. The van der Waals surface area contributed by atoms with Crippen molar-refractivity contribution in [1.82, 2.24) is 4.57 Å². The van der Waals surface area contributed by atoms with Gasteiger partial charge in [-0.3, -0.25) is 4.79 Å². The molecule has 2 aromatic rings. The first-order chi connectivity index (χ1) is 8.33. The Morgan fingerprint density at radius 1 is 1.24 bits per heavy atom. The van der Waals surface area contributed by atoms with E-state index in [1.165, 1.54) is 10.9 Å². The summed E-state index contributed by atoms with van der Waals surface area (Å²) in [4.78, 5) is 12.0. The number of aryl methyl sites for hydroxylation is 1. The zero-order chi connectivity index (χ0) is 11.8. The Balaban J connectivity index is 2.35. The third kappa shape index (κ3) is 1.50. The lowest BCUT2D eigenvalue weighted by Gasteiger charge is -2.14. The minimum absolute atomic E-state index is 0.0679. The van der Waals surface area contributed by atoms with E-state index in [0.29, 0.717) is 13.0 Å². The number of aromatic nitrogens is 1. The van der Waals surface area contributed by atoms with Crippen LogP contribution in [0.1, 0.15) is 28.9 Å². The fraction of sp³-hybridized carbons (Fsp3) is 0.357. The summed E-state index contributed by atoms with van der Waals surface area (Å²) < 4.78 is 1.98. The smallest absolute Gasteiger partial charge is 0.179 e. The van der Waals surface area contributed by atoms with Gasteiger partial charge in [0.1, 0.15) is 0 Å². The van der Waals surface area contributed by atoms with Gasteiger partial charge in [-0.05, 0) is 24.5 Å². The Hall–Kier alpha value is -1.61. The van der Waals surface area contributed by atoms with Crippen molar-refractivity contribution in [2.75, 3.05) is 6.61 Å². The fourth-order valence-corrected chi connectivity index (χ4v) is 2.82. The van der Waals surface area contributed by atoms with E-state index in [-0.39, 0.29) is 12.4 Å². The Morgan fingerprint density at radius 2 is 2.06 bits per heavy atom. The number of aliphatic hydroxyl groups is 1. The molecule has 0 saturated carbocycles. The summed E-state index contributed by atoms with van der Waals surface area (Å²) in [5, 5.41) is 10.3. The van der Waals surface area contributed by atoms with Gasteiger partial charge in [0.05, 0.1) is 12.3 Å². The molecule has 1 heterocycles. The van der Waals surface area contributed by atoms with Crippen LogP contribution in [0.5, 0.6) is 0 Å². The van der Waals surface area contributed by atoms with E-state index in [1.807, 2.05) is 22.8 Å². The van der Waals surface area contributed by atoms with Gasteiger partial charge in [0.2, 0.25) is 0 Å². The van der Waals surface area contributed by atoms with Crippen molar-refractivity contribution in [2.45, 2.75) is 25.8 Å². The summed E-state index contributed by atoms with van der Waals surface area (Å²) >= 11 is 0. The van der Waals surface area contributed by atoms with E-state index < -0.39 is 0 Å². The van der Waals surface area contributed by atoms with Crippen LogP contribution < -0.4 is 0 Å². The highest BCUT2D eigenvalue weighted by Crippen LogP contribution is 2.31. The molecule has 1 N–H and O–H groups in total. The van der Waals surface area contributed by atoms with Gasteiger partial charge in [-0.25, -0.2) is 0 Å². The van der Waals surface area contributed by atoms with Gasteiger partial charge in [0.15, 0.2) is 5.78 Å². The van der Waals surface area contributed by atoms with Crippen LogP contribution in [0, 0.1) is 0 Å². The van der Waals surface area contributed by atoms with Crippen LogP contribution in [-0.2, 0) is 13.0 Å². The first-order valence-corrected chi connectivity index (χ1v) is 6.07. The number of para-hydroxylation sites is 1. The van der Waals surface area contributed by atoms with E-state index in [2.05, 4.69) is 6.07 Å². The molecule has 88 valence electrons. The number of aliphatic hydroxyl groups excluding tert-OH is 1. The van der Waals surface area contributed by atoms with Gasteiger partial charge in [0.25, 0.3) is 0 Å². The Bertz CT molecular complexity index is 583. The van der Waals surface area contributed by atoms with Gasteiger partial charge in [-0.2, -0.15) is 0 Å². The largest absolute Gasteiger partial charge is 0.395 e. The number of fused-ring (bicyclic) bond motifs is 3. The van der Waals surface area contributed by atoms with Crippen LogP contribution in [-0.4, -0.2) is 22.1 Å². The van der Waals surface area contributed by atoms with E-state index in [0.717, 1.165) is 24.1 Å². The predicted octanol–water partition coefficient (Wildman–Crippen LogP) is 2.15. The molecule has 1 aromatic heterocycles. The van der Waals surface area contributed by atoms with Crippen LogP contribution in [0.3, 0.4) is 0 Å². The lowest BCUT2D eigenvalue weighted by atomic mass is 9.94. The van der Waals surface area contributed by atoms with Gasteiger partial charge in [0, 0.05) is 23.9 Å². The first kappa shape index (κ1) is 10.5. The van der Waals surface area contributed by atoms with Crippen LogP contribution >= 0.6 is 0 Å². The first-order valence-electron chi connectivity index (χ1n) is 6.07. The Morgan fingerprint density at radius 3 is 2.88 bits per heavy atom.